The van der Waals surface area contributed by atoms with Crippen LogP contribution in [0.1, 0.15) is 85.6 Å². The summed E-state index contributed by atoms with van der Waals surface area (Å²) in [7, 11) is 0. The minimum atomic E-state index is -2.04. The lowest BCUT2D eigenvalue weighted by molar-refractivity contribution is -0.185. The van der Waals surface area contributed by atoms with Gasteiger partial charge in [0.25, 0.3) is 5.72 Å². The first-order valence-electron chi connectivity index (χ1n) is 12.2. The quantitative estimate of drug-likeness (QED) is 0.207. The molecule has 2 atom stereocenters. The van der Waals surface area contributed by atoms with Crippen LogP contribution in [0.4, 0.5) is 0 Å². The number of nitrogens with one attached hydrogen (secondary N) is 1. The Kier molecular flexibility index (Phi) is 12.4. The van der Waals surface area contributed by atoms with Gasteiger partial charge in [0, 0.05) is 31.7 Å². The number of carboxylic acids is 1. The van der Waals surface area contributed by atoms with Crippen molar-refractivity contribution in [3.05, 3.63) is 23.8 Å². The third kappa shape index (κ3) is 10.1. The van der Waals surface area contributed by atoms with Crippen molar-refractivity contribution in [2.75, 3.05) is 0 Å². The maximum Gasteiger partial charge on any atom is 0.364 e. The molecule has 0 fully saturated rings. The van der Waals surface area contributed by atoms with E-state index >= 15 is 0 Å². The lowest BCUT2D eigenvalue weighted by Crippen LogP contribution is -2.59. The average Bonchev–Trinajstić information content (AvgIpc) is 2.74. The summed E-state index contributed by atoms with van der Waals surface area (Å²) in [6.45, 7) is 11.0. The summed E-state index contributed by atoms with van der Waals surface area (Å²) >= 11 is 0. The van der Waals surface area contributed by atoms with E-state index in [1.54, 1.807) is 13.0 Å². The summed E-state index contributed by atoms with van der Waals surface area (Å²) in [6, 6.07) is 4.17. The second kappa shape index (κ2) is 14.5. The van der Waals surface area contributed by atoms with Crippen LogP contribution < -0.4 is 14.8 Å². The van der Waals surface area contributed by atoms with Crippen molar-refractivity contribution in [3.63, 3.8) is 0 Å². The molecule has 1 unspecified atom stereocenters. The molecule has 0 bridgehead atoms. The van der Waals surface area contributed by atoms with Crippen LogP contribution >= 0.6 is 0 Å². The summed E-state index contributed by atoms with van der Waals surface area (Å²) in [5, 5.41) is 13.1. The Morgan fingerprint density at radius 3 is 1.97 bits per heavy atom. The Bertz CT molecular complexity index is 882. The van der Waals surface area contributed by atoms with Crippen molar-refractivity contribution in [3.8, 4) is 11.5 Å². The van der Waals surface area contributed by atoms with Crippen molar-refractivity contribution in [2.24, 2.45) is 5.92 Å². The summed E-state index contributed by atoms with van der Waals surface area (Å²) in [6.07, 6.45) is 1.93. The minimum Gasteiger partial charge on any atom is -0.477 e. The Morgan fingerprint density at radius 1 is 0.914 bits per heavy atom. The van der Waals surface area contributed by atoms with Gasteiger partial charge in [-0.2, -0.15) is 0 Å². The predicted octanol–water partition coefficient (Wildman–Crippen LogP) is 4.40. The van der Waals surface area contributed by atoms with E-state index in [9.17, 15) is 24.3 Å². The number of esters is 3. The molecule has 0 aliphatic carbocycles. The van der Waals surface area contributed by atoms with Crippen LogP contribution in [0.15, 0.2) is 18.2 Å². The van der Waals surface area contributed by atoms with Crippen molar-refractivity contribution in [1.82, 2.24) is 5.32 Å². The molecule has 9 heteroatoms. The largest absolute Gasteiger partial charge is 0.477 e. The van der Waals surface area contributed by atoms with Gasteiger partial charge in [-0.05, 0) is 49.8 Å². The zero-order chi connectivity index (χ0) is 26.6. The van der Waals surface area contributed by atoms with Gasteiger partial charge in [-0.1, -0.05) is 40.7 Å². The summed E-state index contributed by atoms with van der Waals surface area (Å²) in [4.78, 5) is 49.1. The van der Waals surface area contributed by atoms with Gasteiger partial charge in [0.2, 0.25) is 0 Å². The highest BCUT2D eigenvalue weighted by atomic mass is 16.6. The second-order valence-corrected chi connectivity index (χ2v) is 9.06. The van der Waals surface area contributed by atoms with Crippen LogP contribution in [0.2, 0.25) is 0 Å². The molecule has 1 aromatic rings. The standard InChI is InChI=1S/C26H39NO8/c1-7-10-22(28)33-20-13-12-19(15-21(20)34-23(29)11-8-2)16-26(25(31)32,27-18(6)9-3)35-24(30)14-17(4)5/h12-13,15,17-18,27H,7-11,14,16H2,1-6H3,(H,31,32)/t18?,26-/m0/s1. The molecular weight excluding hydrogens is 454 g/mol. The molecule has 1 aromatic carbocycles. The van der Waals surface area contributed by atoms with Crippen LogP contribution in [0, 0.1) is 5.92 Å². The van der Waals surface area contributed by atoms with E-state index < -0.39 is 29.6 Å². The number of aliphatic carboxylic acids is 1. The van der Waals surface area contributed by atoms with Crippen molar-refractivity contribution < 1.29 is 38.5 Å². The van der Waals surface area contributed by atoms with E-state index in [1.165, 1.54) is 12.1 Å². The number of hydrogen-bond acceptors (Lipinski definition) is 8. The fourth-order valence-corrected chi connectivity index (χ4v) is 3.24. The SMILES string of the molecule is CCCC(=O)Oc1ccc(C[C@](NC(C)CC)(OC(=O)CC(C)C)C(=O)O)cc1OC(=O)CCC. The summed E-state index contributed by atoms with van der Waals surface area (Å²) in [5.41, 5.74) is -1.62. The molecule has 0 amide bonds. The fraction of sp³-hybridized carbons (Fsp3) is 0.615. The zero-order valence-corrected chi connectivity index (χ0v) is 21.6. The number of ether oxygens (including phenoxy) is 3. The van der Waals surface area contributed by atoms with Crippen molar-refractivity contribution in [1.29, 1.82) is 0 Å². The van der Waals surface area contributed by atoms with E-state index in [1.807, 2.05) is 34.6 Å². The first kappa shape index (κ1) is 30.1. The van der Waals surface area contributed by atoms with Gasteiger partial charge in [-0.25, -0.2) is 4.79 Å². The minimum absolute atomic E-state index is 0.00161. The van der Waals surface area contributed by atoms with Crippen molar-refractivity contribution in [2.45, 2.75) is 98.3 Å². The number of hydrogen-bond donors (Lipinski definition) is 2. The lowest BCUT2D eigenvalue weighted by Gasteiger charge is -2.33. The van der Waals surface area contributed by atoms with Crippen LogP contribution in [0.25, 0.3) is 0 Å². The van der Waals surface area contributed by atoms with Gasteiger partial charge in [0.15, 0.2) is 11.5 Å². The molecule has 2 N–H and O–H groups in total. The molecule has 0 aromatic heterocycles. The Balaban J connectivity index is 3.42. The van der Waals surface area contributed by atoms with Crippen molar-refractivity contribution >= 4 is 23.9 Å². The lowest BCUT2D eigenvalue weighted by atomic mass is 9.99. The summed E-state index contributed by atoms with van der Waals surface area (Å²) in [5.74, 6) is -2.93. The van der Waals surface area contributed by atoms with Crippen LogP contribution in [-0.4, -0.2) is 40.8 Å². The highest BCUT2D eigenvalue weighted by molar-refractivity contribution is 5.82. The first-order valence-corrected chi connectivity index (χ1v) is 12.2. The van der Waals surface area contributed by atoms with Crippen LogP contribution in [-0.2, 0) is 30.3 Å². The van der Waals surface area contributed by atoms with Gasteiger partial charge in [0.05, 0.1) is 0 Å². The van der Waals surface area contributed by atoms with Gasteiger partial charge in [0.1, 0.15) is 0 Å². The molecular formula is C26H39NO8. The molecule has 0 aliphatic rings. The number of carbonyl (C=O) groups is 4. The number of carbonyl (C=O) groups excluding carboxylic acids is 3. The molecule has 0 saturated heterocycles. The topological polar surface area (TPSA) is 128 Å². The molecule has 0 radical (unpaired) electrons. The predicted molar refractivity (Wildman–Crippen MR) is 130 cm³/mol. The van der Waals surface area contributed by atoms with E-state index in [-0.39, 0.29) is 49.1 Å². The van der Waals surface area contributed by atoms with Gasteiger partial charge >= 0.3 is 23.9 Å². The van der Waals surface area contributed by atoms with Gasteiger partial charge in [-0.15, -0.1) is 0 Å². The molecule has 196 valence electrons. The molecule has 0 aliphatic heterocycles. The van der Waals surface area contributed by atoms with E-state index in [0.717, 1.165) is 0 Å². The Morgan fingerprint density at radius 2 is 1.49 bits per heavy atom. The van der Waals surface area contributed by atoms with E-state index in [4.69, 9.17) is 14.2 Å². The molecule has 35 heavy (non-hydrogen) atoms. The average molecular weight is 494 g/mol. The molecule has 0 spiro atoms. The monoisotopic (exact) mass is 493 g/mol. The highest BCUT2D eigenvalue weighted by Crippen LogP contribution is 2.31. The Hall–Kier alpha value is -2.94. The molecule has 0 heterocycles. The maximum absolute atomic E-state index is 12.5. The number of benzene rings is 1. The maximum atomic E-state index is 12.5. The van der Waals surface area contributed by atoms with Gasteiger partial charge < -0.3 is 19.3 Å². The Labute approximate surface area is 207 Å². The molecule has 9 nitrogen and oxygen atoms in total. The smallest absolute Gasteiger partial charge is 0.364 e. The number of rotatable bonds is 15. The third-order valence-electron chi connectivity index (χ3n) is 5.12. The highest BCUT2D eigenvalue weighted by Gasteiger charge is 2.44. The van der Waals surface area contributed by atoms with Gasteiger partial charge in [-0.3, -0.25) is 19.7 Å². The third-order valence-corrected chi connectivity index (χ3v) is 5.12. The first-order chi connectivity index (χ1) is 16.5. The van der Waals surface area contributed by atoms with Crippen LogP contribution in [0.3, 0.4) is 0 Å². The van der Waals surface area contributed by atoms with E-state index in [0.29, 0.717) is 24.8 Å². The van der Waals surface area contributed by atoms with E-state index in [2.05, 4.69) is 5.32 Å². The summed E-state index contributed by atoms with van der Waals surface area (Å²) < 4.78 is 16.3. The van der Waals surface area contributed by atoms with Crippen LogP contribution in [0.5, 0.6) is 11.5 Å². The number of carboxylic acid groups (broad SMARTS) is 1. The normalized spacial score (nSPS) is 13.6. The molecule has 1 rings (SSSR count). The fourth-order valence-electron chi connectivity index (χ4n) is 3.24. The zero-order valence-electron chi connectivity index (χ0n) is 21.6. The molecule has 0 saturated carbocycles. The second-order valence-electron chi connectivity index (χ2n) is 9.06.